The number of rotatable bonds is 7. The minimum atomic E-state index is 0.403. The van der Waals surface area contributed by atoms with E-state index in [2.05, 4.69) is 53.8 Å². The van der Waals surface area contributed by atoms with Gasteiger partial charge in [-0.1, -0.05) is 19.1 Å². The number of thiophene rings is 1. The van der Waals surface area contributed by atoms with Crippen molar-refractivity contribution in [2.45, 2.75) is 22.5 Å². The molecule has 0 atom stereocenters. The molecule has 0 saturated carbocycles. The zero-order chi connectivity index (χ0) is 16.2. The summed E-state index contributed by atoms with van der Waals surface area (Å²) in [5, 5.41) is 5.43. The van der Waals surface area contributed by atoms with E-state index in [1.54, 1.807) is 5.43 Å². The second-order valence-corrected chi connectivity index (χ2v) is 7.29. The van der Waals surface area contributed by atoms with Crippen molar-refractivity contribution in [1.29, 1.82) is 0 Å². The van der Waals surface area contributed by atoms with Gasteiger partial charge in [-0.25, -0.2) is 5.84 Å². The molecule has 0 unspecified atom stereocenters. The molecule has 4 N–H and O–H groups in total. The van der Waals surface area contributed by atoms with E-state index in [-0.39, 0.29) is 0 Å². The molecule has 0 bridgehead atoms. The third kappa shape index (κ3) is 6.31. The van der Waals surface area contributed by atoms with Crippen LogP contribution in [-0.4, -0.2) is 19.2 Å². The number of anilines is 1. The Bertz CT molecular complexity index is 547. The summed E-state index contributed by atoms with van der Waals surface area (Å²) in [5.41, 5.74) is 2.98. The Kier molecular flexibility index (Phi) is 9.81. The number of benzene rings is 1. The number of amides is 1. The molecule has 2 aromatic rings. The summed E-state index contributed by atoms with van der Waals surface area (Å²) >= 11 is 5.66. The Morgan fingerprint density at radius 2 is 2.05 bits per heavy atom. The molecule has 2 rings (SSSR count). The van der Waals surface area contributed by atoms with Gasteiger partial charge in [0.1, 0.15) is 0 Å². The van der Waals surface area contributed by atoms with Gasteiger partial charge in [-0.15, -0.1) is 34.9 Å². The van der Waals surface area contributed by atoms with E-state index in [9.17, 15) is 0 Å². The van der Waals surface area contributed by atoms with Crippen LogP contribution in [0.1, 0.15) is 11.8 Å². The normalized spacial score (nSPS) is 9.59. The van der Waals surface area contributed by atoms with Crippen LogP contribution in [0, 0.1) is 0 Å². The second-order valence-electron chi connectivity index (χ2n) is 3.97. The number of nitrogens with one attached hydrogen (secondary N) is 2. The molecule has 0 aliphatic rings. The molecular formula is C15H21N3OS3. The Morgan fingerprint density at radius 1 is 1.27 bits per heavy atom. The zero-order valence-corrected chi connectivity index (χ0v) is 15.1. The summed E-state index contributed by atoms with van der Waals surface area (Å²) in [5.74, 6) is 6.57. The number of hydrogen-bond donors (Lipinski definition) is 3. The van der Waals surface area contributed by atoms with Crippen molar-refractivity contribution in [3.8, 4) is 0 Å². The largest absolute Gasteiger partial charge is 0.387 e. The summed E-state index contributed by atoms with van der Waals surface area (Å²) in [6.45, 7) is 2.20. The molecule has 0 aliphatic carbocycles. The minimum absolute atomic E-state index is 0.403. The number of thioether (sulfide) groups is 2. The van der Waals surface area contributed by atoms with Crippen LogP contribution >= 0.6 is 34.9 Å². The number of nitrogens with two attached hydrogens (primary N) is 1. The summed E-state index contributed by atoms with van der Waals surface area (Å²) in [6, 6.07) is 10.8. The minimum Gasteiger partial charge on any atom is -0.387 e. The van der Waals surface area contributed by atoms with E-state index in [1.165, 1.54) is 20.4 Å². The monoisotopic (exact) mass is 355 g/mol. The lowest BCUT2D eigenvalue weighted by Crippen LogP contribution is -2.18. The molecule has 0 saturated heterocycles. The van der Waals surface area contributed by atoms with Crippen molar-refractivity contribution < 1.29 is 4.79 Å². The van der Waals surface area contributed by atoms with Gasteiger partial charge < -0.3 is 5.32 Å². The number of carbonyl (C=O) groups is 1. The van der Waals surface area contributed by atoms with Gasteiger partial charge in [0.05, 0.1) is 0 Å². The molecule has 1 amide bonds. The number of carbonyl (C=O) groups excluding carboxylic acids is 1. The van der Waals surface area contributed by atoms with Crippen molar-refractivity contribution in [2.75, 3.05) is 18.1 Å². The van der Waals surface area contributed by atoms with Gasteiger partial charge in [0.25, 0.3) is 0 Å². The Morgan fingerprint density at radius 3 is 2.59 bits per heavy atom. The predicted octanol–water partition coefficient (Wildman–Crippen LogP) is 3.80. The van der Waals surface area contributed by atoms with Crippen LogP contribution in [0.3, 0.4) is 0 Å². The molecule has 0 aliphatic heterocycles. The lowest BCUT2D eigenvalue weighted by molar-refractivity contribution is -0.109. The Hall–Kier alpha value is -1.15. The third-order valence-corrected chi connectivity index (χ3v) is 5.87. The lowest BCUT2D eigenvalue weighted by atomic mass is 10.3. The van der Waals surface area contributed by atoms with Crippen LogP contribution in [0.2, 0.25) is 0 Å². The van der Waals surface area contributed by atoms with Gasteiger partial charge in [-0.3, -0.25) is 10.2 Å². The molecule has 0 radical (unpaired) electrons. The molecule has 22 heavy (non-hydrogen) atoms. The lowest BCUT2D eigenvalue weighted by Gasteiger charge is -2.12. The van der Waals surface area contributed by atoms with E-state index in [0.717, 1.165) is 11.5 Å². The van der Waals surface area contributed by atoms with Crippen LogP contribution in [0.25, 0.3) is 0 Å². The highest BCUT2D eigenvalue weighted by molar-refractivity contribution is 8.02. The first-order valence-electron chi connectivity index (χ1n) is 6.75. The highest BCUT2D eigenvalue weighted by Crippen LogP contribution is 2.38. The fourth-order valence-corrected chi connectivity index (χ4v) is 4.61. The molecule has 7 heteroatoms. The van der Waals surface area contributed by atoms with Crippen molar-refractivity contribution >= 4 is 47.0 Å². The zero-order valence-electron chi connectivity index (χ0n) is 12.7. The van der Waals surface area contributed by atoms with Gasteiger partial charge in [-0.05, 0) is 29.3 Å². The summed E-state index contributed by atoms with van der Waals surface area (Å²) in [7, 11) is 1.99. The van der Waals surface area contributed by atoms with Crippen LogP contribution in [0.5, 0.6) is 0 Å². The maximum Gasteiger partial charge on any atom is 0.221 e. The molecule has 1 aromatic heterocycles. The summed E-state index contributed by atoms with van der Waals surface area (Å²) in [6.07, 6.45) is 0.403. The fraction of sp³-hybridized carbons (Fsp3) is 0.267. The topological polar surface area (TPSA) is 67.2 Å². The molecule has 120 valence electrons. The molecular weight excluding hydrogens is 334 g/mol. The smallest absolute Gasteiger partial charge is 0.221 e. The maximum atomic E-state index is 8.94. The first kappa shape index (κ1) is 18.9. The van der Waals surface area contributed by atoms with Gasteiger partial charge in [0.15, 0.2) is 0 Å². The maximum absolute atomic E-state index is 8.94. The molecule has 4 nitrogen and oxygen atoms in total. The van der Waals surface area contributed by atoms with E-state index >= 15 is 0 Å². The van der Waals surface area contributed by atoms with Gasteiger partial charge >= 0.3 is 0 Å². The average Bonchev–Trinajstić information content (AvgIpc) is 3.07. The van der Waals surface area contributed by atoms with Crippen molar-refractivity contribution in [3.05, 3.63) is 40.6 Å². The molecule has 0 fully saturated rings. The van der Waals surface area contributed by atoms with Crippen LogP contribution in [0.4, 0.5) is 5.69 Å². The second kappa shape index (κ2) is 11.4. The van der Waals surface area contributed by atoms with Crippen molar-refractivity contribution in [1.82, 2.24) is 5.43 Å². The predicted molar refractivity (Wildman–Crippen MR) is 99.7 cm³/mol. The number of hydrogen-bond acceptors (Lipinski definition) is 6. The molecule has 0 spiro atoms. The Labute approximate surface area is 144 Å². The van der Waals surface area contributed by atoms with Crippen molar-refractivity contribution in [2.24, 2.45) is 5.84 Å². The van der Waals surface area contributed by atoms with E-state index < -0.39 is 0 Å². The van der Waals surface area contributed by atoms with Crippen molar-refractivity contribution in [3.63, 3.8) is 0 Å². The van der Waals surface area contributed by atoms with Gasteiger partial charge in [-0.2, -0.15) is 0 Å². The van der Waals surface area contributed by atoms with Crippen LogP contribution < -0.4 is 16.6 Å². The van der Waals surface area contributed by atoms with E-state index in [1.807, 2.05) is 41.9 Å². The van der Waals surface area contributed by atoms with Gasteiger partial charge in [0.2, 0.25) is 6.41 Å². The first-order chi connectivity index (χ1) is 10.8. The quantitative estimate of drug-likeness (QED) is 0.232. The van der Waals surface area contributed by atoms with Crippen LogP contribution in [0.15, 0.2) is 45.5 Å². The molecule has 1 aromatic carbocycles. The number of hydrazine groups is 1. The SMILES string of the molecule is CCSc1cccc(NC)c1SCc1cccs1.NNC=O. The van der Waals surface area contributed by atoms with Gasteiger partial charge in [0, 0.05) is 33.2 Å². The highest BCUT2D eigenvalue weighted by Gasteiger charge is 2.08. The Balaban J connectivity index is 0.000000541. The standard InChI is InChI=1S/C14H17NS3.CH4N2O/c1-3-16-13-8-4-7-12(15-2)14(13)18-10-11-6-5-9-17-11;2-3-1-4/h4-9,15H,3,10H2,1-2H3;1H,2H2,(H,3,4). The fourth-order valence-electron chi connectivity index (χ4n) is 1.67. The first-order valence-corrected chi connectivity index (χ1v) is 9.60. The van der Waals surface area contributed by atoms with Crippen LogP contribution in [-0.2, 0) is 10.5 Å². The summed E-state index contributed by atoms with van der Waals surface area (Å²) in [4.78, 5) is 13.1. The van der Waals surface area contributed by atoms with E-state index in [0.29, 0.717) is 6.41 Å². The highest BCUT2D eigenvalue weighted by atomic mass is 32.2. The van der Waals surface area contributed by atoms with E-state index in [4.69, 9.17) is 4.79 Å². The average molecular weight is 356 g/mol. The summed E-state index contributed by atoms with van der Waals surface area (Å²) < 4.78 is 0. The molecule has 1 heterocycles. The third-order valence-electron chi connectivity index (χ3n) is 2.55.